The fourth-order valence-electron chi connectivity index (χ4n) is 2.53. The molecular weight excluding hydrogens is 222 g/mol. The Morgan fingerprint density at radius 1 is 1.41 bits per heavy atom. The number of rotatable bonds is 3. The molecule has 1 heterocycles. The molecule has 3 atom stereocenters. The minimum atomic E-state index is -1.03. The summed E-state index contributed by atoms with van der Waals surface area (Å²) in [6.45, 7) is 0.145. The second kappa shape index (κ2) is 4.87. The summed E-state index contributed by atoms with van der Waals surface area (Å²) < 4.78 is 0. The van der Waals surface area contributed by atoms with Gasteiger partial charge in [0.15, 0.2) is 0 Å². The van der Waals surface area contributed by atoms with Crippen LogP contribution in [0.1, 0.15) is 25.7 Å². The first-order valence-corrected chi connectivity index (χ1v) is 5.95. The van der Waals surface area contributed by atoms with E-state index in [0.29, 0.717) is 6.42 Å². The molecule has 1 amide bonds. The standard InChI is InChI=1S/C12H17NO4/c14-9-6-10(12(16)17)13(7-9)11(15)5-8-3-1-2-4-8/h1,3,8-10,14H,2,4-7H2,(H,16,17)/t8?,9-,10+/m1/s1. The largest absolute Gasteiger partial charge is 0.480 e. The predicted octanol–water partition coefficient (Wildman–Crippen LogP) is 0.389. The number of amides is 1. The van der Waals surface area contributed by atoms with Crippen LogP contribution >= 0.6 is 0 Å². The number of allylic oxidation sites excluding steroid dienone is 2. The zero-order chi connectivity index (χ0) is 12.4. The molecule has 1 aliphatic heterocycles. The van der Waals surface area contributed by atoms with E-state index >= 15 is 0 Å². The first-order chi connectivity index (χ1) is 8.08. The van der Waals surface area contributed by atoms with Crippen LogP contribution < -0.4 is 0 Å². The number of aliphatic hydroxyl groups is 1. The Kier molecular flexibility index (Phi) is 3.47. The lowest BCUT2D eigenvalue weighted by Gasteiger charge is -2.22. The third kappa shape index (κ3) is 2.66. The van der Waals surface area contributed by atoms with Gasteiger partial charge in [0.1, 0.15) is 6.04 Å². The van der Waals surface area contributed by atoms with Crippen LogP contribution in [-0.4, -0.2) is 45.7 Å². The highest BCUT2D eigenvalue weighted by Crippen LogP contribution is 2.25. The molecule has 2 N–H and O–H groups in total. The average Bonchev–Trinajstić information content (AvgIpc) is 2.86. The van der Waals surface area contributed by atoms with Crippen molar-refractivity contribution < 1.29 is 19.8 Å². The number of carbonyl (C=O) groups is 2. The van der Waals surface area contributed by atoms with Crippen LogP contribution in [0.15, 0.2) is 12.2 Å². The molecule has 0 aromatic carbocycles. The van der Waals surface area contributed by atoms with E-state index in [4.69, 9.17) is 5.11 Å². The number of carbonyl (C=O) groups excluding carboxylic acids is 1. The van der Waals surface area contributed by atoms with Gasteiger partial charge in [-0.1, -0.05) is 12.2 Å². The zero-order valence-electron chi connectivity index (χ0n) is 9.58. The van der Waals surface area contributed by atoms with Crippen LogP contribution in [0.25, 0.3) is 0 Å². The van der Waals surface area contributed by atoms with Gasteiger partial charge in [0.2, 0.25) is 5.91 Å². The highest BCUT2D eigenvalue weighted by molar-refractivity contribution is 5.84. The van der Waals surface area contributed by atoms with Gasteiger partial charge in [0.25, 0.3) is 0 Å². The number of carboxylic acids is 1. The second-order valence-corrected chi connectivity index (χ2v) is 4.76. The lowest BCUT2D eigenvalue weighted by Crippen LogP contribution is -2.41. The summed E-state index contributed by atoms with van der Waals surface area (Å²) in [6.07, 6.45) is 5.79. The van der Waals surface area contributed by atoms with E-state index in [9.17, 15) is 14.7 Å². The van der Waals surface area contributed by atoms with Crippen molar-refractivity contribution in [2.75, 3.05) is 6.54 Å². The Balaban J connectivity index is 1.97. The Bertz CT molecular complexity index is 352. The van der Waals surface area contributed by atoms with Crippen molar-refractivity contribution in [2.45, 2.75) is 37.8 Å². The number of aliphatic carboxylic acids is 1. The van der Waals surface area contributed by atoms with Crippen molar-refractivity contribution in [3.05, 3.63) is 12.2 Å². The molecule has 1 aliphatic carbocycles. The number of hydrogen-bond donors (Lipinski definition) is 2. The van der Waals surface area contributed by atoms with E-state index in [1.807, 2.05) is 12.2 Å². The minimum Gasteiger partial charge on any atom is -0.480 e. The van der Waals surface area contributed by atoms with Crippen molar-refractivity contribution >= 4 is 11.9 Å². The van der Waals surface area contributed by atoms with E-state index in [-0.39, 0.29) is 24.8 Å². The van der Waals surface area contributed by atoms with Crippen molar-refractivity contribution in [3.63, 3.8) is 0 Å². The van der Waals surface area contributed by atoms with Crippen LogP contribution in [-0.2, 0) is 9.59 Å². The van der Waals surface area contributed by atoms with Gasteiger partial charge in [-0.3, -0.25) is 4.79 Å². The van der Waals surface area contributed by atoms with Crippen molar-refractivity contribution in [2.24, 2.45) is 5.92 Å². The predicted molar refractivity (Wildman–Crippen MR) is 60.2 cm³/mol. The smallest absolute Gasteiger partial charge is 0.326 e. The Hall–Kier alpha value is -1.36. The molecule has 2 rings (SSSR count). The molecule has 17 heavy (non-hydrogen) atoms. The summed E-state index contributed by atoms with van der Waals surface area (Å²) >= 11 is 0. The fraction of sp³-hybridized carbons (Fsp3) is 0.667. The molecule has 1 saturated heterocycles. The molecule has 5 nitrogen and oxygen atoms in total. The van der Waals surface area contributed by atoms with Crippen LogP contribution in [0.2, 0.25) is 0 Å². The summed E-state index contributed by atoms with van der Waals surface area (Å²) in [6, 6.07) is -0.858. The van der Waals surface area contributed by atoms with E-state index < -0.39 is 18.1 Å². The first kappa shape index (κ1) is 12.1. The quantitative estimate of drug-likeness (QED) is 0.698. The molecular formula is C12H17NO4. The van der Waals surface area contributed by atoms with Gasteiger partial charge in [-0.25, -0.2) is 4.79 Å². The molecule has 0 aromatic heterocycles. The molecule has 2 aliphatic rings. The summed E-state index contributed by atoms with van der Waals surface area (Å²) in [5, 5.41) is 18.4. The van der Waals surface area contributed by atoms with Crippen molar-refractivity contribution in [3.8, 4) is 0 Å². The maximum Gasteiger partial charge on any atom is 0.326 e. The van der Waals surface area contributed by atoms with E-state index in [2.05, 4.69) is 0 Å². The van der Waals surface area contributed by atoms with Crippen LogP contribution in [0.5, 0.6) is 0 Å². The maximum atomic E-state index is 12.0. The molecule has 0 aromatic rings. The third-order valence-corrected chi connectivity index (χ3v) is 3.43. The highest BCUT2D eigenvalue weighted by atomic mass is 16.4. The zero-order valence-corrected chi connectivity index (χ0v) is 9.58. The number of likely N-dealkylation sites (tertiary alicyclic amines) is 1. The van der Waals surface area contributed by atoms with Crippen LogP contribution in [0.3, 0.4) is 0 Å². The molecule has 0 radical (unpaired) electrons. The lowest BCUT2D eigenvalue weighted by atomic mass is 10.0. The van der Waals surface area contributed by atoms with Crippen molar-refractivity contribution in [1.82, 2.24) is 4.90 Å². The number of carboxylic acid groups (broad SMARTS) is 1. The second-order valence-electron chi connectivity index (χ2n) is 4.76. The molecule has 94 valence electrons. The fourth-order valence-corrected chi connectivity index (χ4v) is 2.53. The van der Waals surface area contributed by atoms with Gasteiger partial charge in [0, 0.05) is 19.4 Å². The topological polar surface area (TPSA) is 77.8 Å². The SMILES string of the molecule is O=C(O)[C@@H]1C[C@@H](O)CN1C(=O)CC1C=CCC1. The van der Waals surface area contributed by atoms with Gasteiger partial charge in [-0.05, 0) is 18.8 Å². The van der Waals surface area contributed by atoms with Crippen LogP contribution in [0.4, 0.5) is 0 Å². The van der Waals surface area contributed by atoms with E-state index in [0.717, 1.165) is 12.8 Å². The Morgan fingerprint density at radius 2 is 2.18 bits per heavy atom. The number of hydrogen-bond acceptors (Lipinski definition) is 3. The van der Waals surface area contributed by atoms with Gasteiger partial charge in [-0.15, -0.1) is 0 Å². The molecule has 1 fully saturated rings. The van der Waals surface area contributed by atoms with Crippen molar-refractivity contribution in [1.29, 1.82) is 0 Å². The van der Waals surface area contributed by atoms with Gasteiger partial charge < -0.3 is 15.1 Å². The summed E-state index contributed by atoms with van der Waals surface area (Å²) in [5.41, 5.74) is 0. The first-order valence-electron chi connectivity index (χ1n) is 5.95. The van der Waals surface area contributed by atoms with Gasteiger partial charge >= 0.3 is 5.97 Å². The molecule has 0 spiro atoms. The normalized spacial score (nSPS) is 32.1. The third-order valence-electron chi connectivity index (χ3n) is 3.43. The molecule has 1 unspecified atom stereocenters. The minimum absolute atomic E-state index is 0.140. The molecule has 0 bridgehead atoms. The monoisotopic (exact) mass is 239 g/mol. The Morgan fingerprint density at radius 3 is 2.76 bits per heavy atom. The van der Waals surface area contributed by atoms with E-state index in [1.165, 1.54) is 4.90 Å². The maximum absolute atomic E-state index is 12.0. The lowest BCUT2D eigenvalue weighted by molar-refractivity contribution is -0.148. The number of nitrogens with zero attached hydrogens (tertiary/aromatic N) is 1. The Labute approximate surface area is 99.7 Å². The summed E-state index contributed by atoms with van der Waals surface area (Å²) in [4.78, 5) is 24.3. The van der Waals surface area contributed by atoms with Gasteiger partial charge in [0.05, 0.1) is 6.10 Å². The number of β-amino-alcohol motifs (C(OH)–C–C–N with tert-alkyl or cyclic N) is 1. The van der Waals surface area contributed by atoms with E-state index in [1.54, 1.807) is 0 Å². The van der Waals surface area contributed by atoms with Crippen LogP contribution in [0, 0.1) is 5.92 Å². The highest BCUT2D eigenvalue weighted by Gasteiger charge is 2.39. The summed E-state index contributed by atoms with van der Waals surface area (Å²) in [5.74, 6) is -0.961. The number of aliphatic hydroxyl groups excluding tert-OH is 1. The van der Waals surface area contributed by atoms with Gasteiger partial charge in [-0.2, -0.15) is 0 Å². The average molecular weight is 239 g/mol. The molecule has 5 heteroatoms. The summed E-state index contributed by atoms with van der Waals surface area (Å²) in [7, 11) is 0. The molecule has 0 saturated carbocycles.